The second kappa shape index (κ2) is 8.41. The largest absolute Gasteiger partial charge is 0.497 e. The van der Waals surface area contributed by atoms with Gasteiger partial charge in [-0.2, -0.15) is 0 Å². The van der Waals surface area contributed by atoms with Crippen LogP contribution in [-0.4, -0.2) is 47.8 Å². The predicted molar refractivity (Wildman–Crippen MR) is 112 cm³/mol. The number of likely N-dealkylation sites (tertiary alicyclic amines) is 1. The van der Waals surface area contributed by atoms with Crippen molar-refractivity contribution < 1.29 is 19.1 Å². The number of benzene rings is 2. The molecule has 0 radical (unpaired) electrons. The first-order valence-corrected chi connectivity index (χ1v) is 9.86. The average Bonchev–Trinajstić information content (AvgIpc) is 3.33. The number of hydrogen-bond donors (Lipinski definition) is 2. The Labute approximate surface area is 174 Å². The highest BCUT2D eigenvalue weighted by Crippen LogP contribution is 2.31. The zero-order valence-corrected chi connectivity index (χ0v) is 16.7. The molecule has 1 aliphatic heterocycles. The third kappa shape index (κ3) is 3.91. The standard InChI is InChI=1S/C23H23N3O4/c1-30-16-8-6-15(7-9-16)18(19-13-24-20-5-3-2-4-17(19)20)12-25-21(27)14-26-22(28)10-11-23(26)29/h2-9,13,18,24H,10-12,14H2,1H3,(H,25,27)/t18-/m0/s1. The zero-order valence-electron chi connectivity index (χ0n) is 16.7. The van der Waals surface area contributed by atoms with E-state index in [1.165, 1.54) is 0 Å². The Kier molecular flexibility index (Phi) is 5.52. The molecule has 1 aromatic heterocycles. The van der Waals surface area contributed by atoms with E-state index in [0.29, 0.717) is 6.54 Å². The number of aromatic nitrogens is 1. The first-order chi connectivity index (χ1) is 14.6. The van der Waals surface area contributed by atoms with E-state index in [1.807, 2.05) is 54.7 Å². The summed E-state index contributed by atoms with van der Waals surface area (Å²) < 4.78 is 5.26. The van der Waals surface area contributed by atoms with Gasteiger partial charge < -0.3 is 15.0 Å². The molecular formula is C23H23N3O4. The molecule has 2 aromatic carbocycles. The van der Waals surface area contributed by atoms with Crippen molar-refractivity contribution in [2.24, 2.45) is 0 Å². The number of methoxy groups -OCH3 is 1. The van der Waals surface area contributed by atoms with Gasteiger partial charge in [-0.05, 0) is 29.3 Å². The lowest BCUT2D eigenvalue weighted by molar-refractivity contribution is -0.142. The minimum absolute atomic E-state index is 0.110. The maximum absolute atomic E-state index is 12.5. The Morgan fingerprint density at radius 2 is 1.80 bits per heavy atom. The molecule has 7 heteroatoms. The van der Waals surface area contributed by atoms with E-state index < -0.39 is 0 Å². The number of carbonyl (C=O) groups is 3. The molecule has 154 valence electrons. The highest BCUT2D eigenvalue weighted by Gasteiger charge is 2.30. The van der Waals surface area contributed by atoms with Gasteiger partial charge in [-0.1, -0.05) is 30.3 Å². The lowest BCUT2D eigenvalue weighted by Gasteiger charge is -2.20. The highest BCUT2D eigenvalue weighted by atomic mass is 16.5. The zero-order chi connectivity index (χ0) is 21.1. The average molecular weight is 405 g/mol. The number of nitrogens with zero attached hydrogens (tertiary/aromatic N) is 1. The van der Waals surface area contributed by atoms with Gasteiger partial charge in [0.25, 0.3) is 0 Å². The normalized spacial score (nSPS) is 14.9. The fraction of sp³-hybridized carbons (Fsp3) is 0.261. The minimum atomic E-state index is -0.350. The smallest absolute Gasteiger partial charge is 0.240 e. The van der Waals surface area contributed by atoms with Crippen LogP contribution in [-0.2, 0) is 14.4 Å². The molecular weight excluding hydrogens is 382 g/mol. The van der Waals surface area contributed by atoms with Gasteiger partial charge in [0, 0.05) is 42.4 Å². The molecule has 0 unspecified atom stereocenters. The van der Waals surface area contributed by atoms with Crippen molar-refractivity contribution in [3.8, 4) is 5.75 Å². The summed E-state index contributed by atoms with van der Waals surface area (Å²) in [5.41, 5.74) is 3.10. The van der Waals surface area contributed by atoms with Crippen LogP contribution in [0.1, 0.15) is 29.9 Å². The molecule has 2 N–H and O–H groups in total. The Morgan fingerprint density at radius 1 is 1.10 bits per heavy atom. The number of carbonyl (C=O) groups excluding carboxylic acids is 3. The first-order valence-electron chi connectivity index (χ1n) is 9.86. The van der Waals surface area contributed by atoms with Gasteiger partial charge in [-0.25, -0.2) is 0 Å². The van der Waals surface area contributed by atoms with Crippen molar-refractivity contribution in [1.29, 1.82) is 0 Å². The minimum Gasteiger partial charge on any atom is -0.497 e. The Morgan fingerprint density at radius 3 is 2.50 bits per heavy atom. The van der Waals surface area contributed by atoms with E-state index >= 15 is 0 Å². The number of ether oxygens (including phenoxy) is 1. The summed E-state index contributed by atoms with van der Waals surface area (Å²) in [6.07, 6.45) is 2.31. The van der Waals surface area contributed by atoms with Crippen LogP contribution in [0.2, 0.25) is 0 Å². The summed E-state index contributed by atoms with van der Waals surface area (Å²) in [6, 6.07) is 15.7. The summed E-state index contributed by atoms with van der Waals surface area (Å²) in [7, 11) is 1.62. The number of rotatable bonds is 7. The molecule has 0 bridgehead atoms. The number of para-hydroxylation sites is 1. The number of fused-ring (bicyclic) bond motifs is 1. The summed E-state index contributed by atoms with van der Waals surface area (Å²) in [6.45, 7) is 0.101. The maximum atomic E-state index is 12.5. The molecule has 30 heavy (non-hydrogen) atoms. The molecule has 7 nitrogen and oxygen atoms in total. The molecule has 1 aliphatic rings. The molecule has 1 fully saturated rings. The number of H-pyrrole nitrogens is 1. The van der Waals surface area contributed by atoms with Crippen molar-refractivity contribution in [3.05, 3.63) is 65.9 Å². The molecule has 4 rings (SSSR count). The van der Waals surface area contributed by atoms with Gasteiger partial charge >= 0.3 is 0 Å². The molecule has 1 saturated heterocycles. The molecule has 0 saturated carbocycles. The van der Waals surface area contributed by atoms with Gasteiger partial charge in [0.05, 0.1) is 7.11 Å². The predicted octanol–water partition coefficient (Wildman–Crippen LogP) is 2.57. The van der Waals surface area contributed by atoms with Gasteiger partial charge in [0.15, 0.2) is 0 Å². The summed E-state index contributed by atoms with van der Waals surface area (Å²) >= 11 is 0. The molecule has 2 heterocycles. The van der Waals surface area contributed by atoms with Crippen LogP contribution in [0, 0.1) is 0 Å². The van der Waals surface area contributed by atoms with Crippen LogP contribution in [0.5, 0.6) is 5.75 Å². The number of amides is 3. The van der Waals surface area contributed by atoms with E-state index in [0.717, 1.165) is 32.7 Å². The van der Waals surface area contributed by atoms with Crippen molar-refractivity contribution in [2.45, 2.75) is 18.8 Å². The monoisotopic (exact) mass is 405 g/mol. The molecule has 1 atom stereocenters. The number of aromatic amines is 1. The second-order valence-corrected chi connectivity index (χ2v) is 7.29. The third-order valence-corrected chi connectivity index (χ3v) is 5.47. The highest BCUT2D eigenvalue weighted by molar-refractivity contribution is 6.04. The quantitative estimate of drug-likeness (QED) is 0.591. The molecule has 3 amide bonds. The molecule has 3 aromatic rings. The van der Waals surface area contributed by atoms with Crippen LogP contribution in [0.3, 0.4) is 0 Å². The number of nitrogens with one attached hydrogen (secondary N) is 2. The van der Waals surface area contributed by atoms with Crippen molar-refractivity contribution in [3.63, 3.8) is 0 Å². The third-order valence-electron chi connectivity index (χ3n) is 5.47. The summed E-state index contributed by atoms with van der Waals surface area (Å²) in [4.78, 5) is 40.4. The maximum Gasteiger partial charge on any atom is 0.240 e. The molecule has 0 spiro atoms. The van der Waals surface area contributed by atoms with Gasteiger partial charge in [-0.3, -0.25) is 19.3 Å². The second-order valence-electron chi connectivity index (χ2n) is 7.29. The Balaban J connectivity index is 1.56. The Bertz CT molecular complexity index is 1070. The van der Waals surface area contributed by atoms with E-state index in [1.54, 1.807) is 7.11 Å². The van der Waals surface area contributed by atoms with Crippen LogP contribution in [0.25, 0.3) is 10.9 Å². The van der Waals surface area contributed by atoms with Crippen LogP contribution in [0.4, 0.5) is 0 Å². The topological polar surface area (TPSA) is 91.5 Å². The summed E-state index contributed by atoms with van der Waals surface area (Å²) in [5.74, 6) is -0.290. The van der Waals surface area contributed by atoms with Crippen molar-refractivity contribution >= 4 is 28.6 Å². The van der Waals surface area contributed by atoms with Crippen LogP contribution >= 0.6 is 0 Å². The van der Waals surface area contributed by atoms with Crippen LogP contribution < -0.4 is 10.1 Å². The van der Waals surface area contributed by atoms with E-state index in [4.69, 9.17) is 4.74 Å². The van der Waals surface area contributed by atoms with Crippen molar-refractivity contribution in [1.82, 2.24) is 15.2 Å². The van der Waals surface area contributed by atoms with Crippen LogP contribution in [0.15, 0.2) is 54.7 Å². The van der Waals surface area contributed by atoms with Gasteiger partial charge in [-0.15, -0.1) is 0 Å². The summed E-state index contributed by atoms with van der Waals surface area (Å²) in [5, 5.41) is 3.98. The lowest BCUT2D eigenvalue weighted by atomic mass is 9.90. The van der Waals surface area contributed by atoms with E-state index in [-0.39, 0.29) is 43.0 Å². The van der Waals surface area contributed by atoms with Gasteiger partial charge in [0.1, 0.15) is 12.3 Å². The Hall–Kier alpha value is -3.61. The number of imide groups is 1. The van der Waals surface area contributed by atoms with Gasteiger partial charge in [0.2, 0.25) is 17.7 Å². The lowest BCUT2D eigenvalue weighted by Crippen LogP contribution is -2.41. The molecule has 0 aliphatic carbocycles. The van der Waals surface area contributed by atoms with Crippen molar-refractivity contribution in [2.75, 3.05) is 20.2 Å². The van der Waals surface area contributed by atoms with E-state index in [2.05, 4.69) is 10.3 Å². The van der Waals surface area contributed by atoms with E-state index in [9.17, 15) is 14.4 Å². The first kappa shape index (κ1) is 19.7. The fourth-order valence-corrected chi connectivity index (χ4v) is 3.84. The number of hydrogen-bond acceptors (Lipinski definition) is 4. The fourth-order valence-electron chi connectivity index (χ4n) is 3.84. The SMILES string of the molecule is COc1ccc([C@H](CNC(=O)CN2C(=O)CCC2=O)c2c[nH]c3ccccc23)cc1.